The van der Waals surface area contributed by atoms with E-state index in [1.54, 1.807) is 19.1 Å². The molecule has 0 amide bonds. The van der Waals surface area contributed by atoms with E-state index >= 15 is 0 Å². The number of benzene rings is 2. The Kier molecular flexibility index (Phi) is 7.91. The third-order valence-electron chi connectivity index (χ3n) is 3.36. The van der Waals surface area contributed by atoms with Gasteiger partial charge < -0.3 is 14.7 Å². The van der Waals surface area contributed by atoms with E-state index in [0.29, 0.717) is 27.3 Å². The Labute approximate surface area is 171 Å². The van der Waals surface area contributed by atoms with Crippen molar-refractivity contribution in [2.75, 3.05) is 6.61 Å². The van der Waals surface area contributed by atoms with Crippen molar-refractivity contribution in [1.29, 1.82) is 0 Å². The highest BCUT2D eigenvalue weighted by Crippen LogP contribution is 2.37. The highest BCUT2D eigenvalue weighted by atomic mass is 35.5. The molecule has 1 N–H and O–H groups in total. The Morgan fingerprint density at radius 3 is 2.23 bits per heavy atom. The number of oxime groups is 1. The van der Waals surface area contributed by atoms with Crippen molar-refractivity contribution in [2.45, 2.75) is 13.5 Å². The molecule has 138 valence electrons. The van der Waals surface area contributed by atoms with Gasteiger partial charge in [0.05, 0.1) is 15.8 Å². The summed E-state index contributed by atoms with van der Waals surface area (Å²) in [6.07, 6.45) is 1.50. The van der Waals surface area contributed by atoms with Crippen LogP contribution in [-0.4, -0.2) is 17.5 Å². The second kappa shape index (κ2) is 9.93. The Morgan fingerprint density at radius 1 is 1.08 bits per heavy atom. The van der Waals surface area contributed by atoms with Gasteiger partial charge in [0, 0.05) is 12.1 Å². The van der Waals surface area contributed by atoms with Crippen molar-refractivity contribution in [3.05, 3.63) is 68.1 Å². The number of nitrogens with zero attached hydrogens (tertiary/aromatic N) is 1. The molecule has 0 saturated heterocycles. The van der Waals surface area contributed by atoms with Crippen LogP contribution < -0.4 is 9.47 Å². The van der Waals surface area contributed by atoms with Gasteiger partial charge in [0.1, 0.15) is 23.5 Å². The first-order valence-corrected chi connectivity index (χ1v) is 8.95. The van der Waals surface area contributed by atoms with Crippen LogP contribution in [0, 0.1) is 0 Å². The first-order chi connectivity index (χ1) is 12.4. The third-order valence-corrected chi connectivity index (χ3v) is 4.23. The summed E-state index contributed by atoms with van der Waals surface area (Å²) < 4.78 is 11.3. The topological polar surface area (TPSA) is 51.1 Å². The zero-order chi connectivity index (χ0) is 19.1. The van der Waals surface area contributed by atoms with E-state index in [2.05, 4.69) is 5.16 Å². The van der Waals surface area contributed by atoms with E-state index in [1.165, 1.54) is 6.08 Å². The fourth-order valence-corrected chi connectivity index (χ4v) is 2.72. The smallest absolute Gasteiger partial charge is 0.157 e. The molecule has 0 fully saturated rings. The molecule has 4 nitrogen and oxygen atoms in total. The van der Waals surface area contributed by atoms with Crippen molar-refractivity contribution in [3.8, 4) is 11.5 Å². The van der Waals surface area contributed by atoms with Gasteiger partial charge in [-0.15, -0.1) is 0 Å². The highest BCUT2D eigenvalue weighted by molar-refractivity contribution is 6.55. The van der Waals surface area contributed by atoms with Crippen molar-refractivity contribution in [2.24, 2.45) is 5.16 Å². The fraction of sp³-hybridized carbons (Fsp3) is 0.167. The van der Waals surface area contributed by atoms with E-state index in [-0.39, 0.29) is 17.7 Å². The van der Waals surface area contributed by atoms with E-state index < -0.39 is 0 Å². The van der Waals surface area contributed by atoms with Crippen LogP contribution in [0.1, 0.15) is 18.1 Å². The Balaban J connectivity index is 2.04. The second-order valence-corrected chi connectivity index (χ2v) is 7.01. The summed E-state index contributed by atoms with van der Waals surface area (Å²) in [7, 11) is 0. The first-order valence-electron chi connectivity index (χ1n) is 7.44. The van der Waals surface area contributed by atoms with E-state index in [1.807, 2.05) is 24.3 Å². The summed E-state index contributed by atoms with van der Waals surface area (Å²) in [5.41, 5.74) is 2.26. The minimum absolute atomic E-state index is 0.119. The molecule has 2 aromatic carbocycles. The third kappa shape index (κ3) is 5.99. The zero-order valence-corrected chi connectivity index (χ0v) is 16.7. The molecule has 0 saturated carbocycles. The van der Waals surface area contributed by atoms with Crippen LogP contribution in [0.5, 0.6) is 11.5 Å². The lowest BCUT2D eigenvalue weighted by Gasteiger charge is -2.12. The van der Waals surface area contributed by atoms with Crippen LogP contribution in [0.2, 0.25) is 10.0 Å². The summed E-state index contributed by atoms with van der Waals surface area (Å²) in [4.78, 5) is 0. The molecule has 0 radical (unpaired) electrons. The Bertz CT molecular complexity index is 793. The van der Waals surface area contributed by atoms with Gasteiger partial charge in [0.15, 0.2) is 5.75 Å². The maximum Gasteiger partial charge on any atom is 0.157 e. The van der Waals surface area contributed by atoms with Gasteiger partial charge in [-0.05, 0) is 24.1 Å². The van der Waals surface area contributed by atoms with Gasteiger partial charge in [0.25, 0.3) is 0 Å². The molecule has 0 aliphatic rings. The molecule has 2 aromatic rings. The molecular weight excluding hydrogens is 420 g/mol. The average molecular weight is 435 g/mol. The summed E-state index contributed by atoms with van der Waals surface area (Å²) in [6.45, 7) is 2.18. The first kappa shape index (κ1) is 20.7. The molecule has 26 heavy (non-hydrogen) atoms. The van der Waals surface area contributed by atoms with Crippen molar-refractivity contribution in [1.82, 2.24) is 0 Å². The van der Waals surface area contributed by atoms with Crippen molar-refractivity contribution in [3.63, 3.8) is 0 Å². The highest BCUT2D eigenvalue weighted by Gasteiger charge is 2.11. The largest absolute Gasteiger partial charge is 0.489 e. The molecule has 8 heteroatoms. The Morgan fingerprint density at radius 2 is 1.69 bits per heavy atom. The molecule has 0 aliphatic heterocycles. The monoisotopic (exact) mass is 433 g/mol. The van der Waals surface area contributed by atoms with Crippen LogP contribution in [0.3, 0.4) is 0 Å². The molecule has 0 atom stereocenters. The lowest BCUT2D eigenvalue weighted by Crippen LogP contribution is -2.00. The zero-order valence-electron chi connectivity index (χ0n) is 13.7. The van der Waals surface area contributed by atoms with Crippen LogP contribution in [0.25, 0.3) is 0 Å². The van der Waals surface area contributed by atoms with E-state index in [4.69, 9.17) is 61.1 Å². The van der Waals surface area contributed by atoms with Crippen molar-refractivity contribution >= 4 is 52.1 Å². The lowest BCUT2D eigenvalue weighted by atomic mass is 10.1. The van der Waals surface area contributed by atoms with Crippen LogP contribution in [-0.2, 0) is 6.61 Å². The predicted molar refractivity (Wildman–Crippen MR) is 107 cm³/mol. The Hall–Kier alpha value is -1.59. The van der Waals surface area contributed by atoms with Crippen LogP contribution >= 0.6 is 46.4 Å². The quantitative estimate of drug-likeness (QED) is 0.308. The maximum atomic E-state index is 8.78. The number of rotatable bonds is 7. The number of ether oxygens (including phenoxy) is 2. The maximum absolute atomic E-state index is 8.78. The summed E-state index contributed by atoms with van der Waals surface area (Å²) in [6, 6.07) is 10.6. The molecule has 0 spiro atoms. The molecule has 2 rings (SSSR count). The van der Waals surface area contributed by atoms with E-state index in [9.17, 15) is 0 Å². The number of halogens is 4. The summed E-state index contributed by atoms with van der Waals surface area (Å²) >= 11 is 23.5. The minimum Gasteiger partial charge on any atom is -0.489 e. The van der Waals surface area contributed by atoms with E-state index in [0.717, 1.165) is 11.1 Å². The van der Waals surface area contributed by atoms with Crippen LogP contribution in [0.15, 0.2) is 52.1 Å². The van der Waals surface area contributed by atoms with Crippen LogP contribution in [0.4, 0.5) is 0 Å². The molecule has 0 heterocycles. The van der Waals surface area contributed by atoms with Crippen molar-refractivity contribution < 1.29 is 14.7 Å². The van der Waals surface area contributed by atoms with Gasteiger partial charge in [0.2, 0.25) is 0 Å². The summed E-state index contributed by atoms with van der Waals surface area (Å²) in [5, 5.41) is 12.6. The molecule has 0 aliphatic carbocycles. The minimum atomic E-state index is 0.119. The van der Waals surface area contributed by atoms with Gasteiger partial charge >= 0.3 is 0 Å². The fourth-order valence-electron chi connectivity index (χ4n) is 2.01. The lowest BCUT2D eigenvalue weighted by molar-refractivity contribution is 0.305. The second-order valence-electron chi connectivity index (χ2n) is 5.19. The van der Waals surface area contributed by atoms with Gasteiger partial charge in [-0.25, -0.2) is 0 Å². The normalized spacial score (nSPS) is 11.2. The SMILES string of the molecule is CC(=NO)c1ccc(COc2c(Cl)cc(OCC=C(Cl)Cl)cc2Cl)cc1. The standard InChI is InChI=1S/C18H15Cl4NO3/c1-11(23-24)13-4-2-12(3-5-13)10-26-18-15(19)8-14(9-16(18)20)25-7-6-17(21)22/h2-6,8-9,24H,7,10H2,1H3. The van der Waals surface area contributed by atoms with Gasteiger partial charge in [-0.1, -0.05) is 75.8 Å². The molecule has 0 unspecified atom stereocenters. The van der Waals surface area contributed by atoms with Gasteiger partial charge in [-0.2, -0.15) is 0 Å². The number of hydrogen-bond donors (Lipinski definition) is 1. The predicted octanol–water partition coefficient (Wildman–Crippen LogP) is 6.47. The molecular formula is C18H15Cl4NO3. The molecule has 0 aromatic heterocycles. The summed E-state index contributed by atoms with van der Waals surface area (Å²) in [5.74, 6) is 0.838. The van der Waals surface area contributed by atoms with Gasteiger partial charge in [-0.3, -0.25) is 0 Å². The average Bonchev–Trinajstić information content (AvgIpc) is 2.60. The number of hydrogen-bond acceptors (Lipinski definition) is 4. The molecule has 0 bridgehead atoms.